The molecule has 1 fully saturated rings. The van der Waals surface area contributed by atoms with Gasteiger partial charge in [-0.2, -0.15) is 0 Å². The van der Waals surface area contributed by atoms with Gasteiger partial charge >= 0.3 is 0 Å². The molecule has 2 rings (SSSR count). The Hall–Kier alpha value is -0.930. The first-order chi connectivity index (χ1) is 9.74. The molecule has 0 amide bonds. The van der Waals surface area contributed by atoms with Crippen molar-refractivity contribution in [3.63, 3.8) is 0 Å². The molecule has 112 valence electrons. The molecule has 0 aliphatic heterocycles. The van der Waals surface area contributed by atoms with E-state index in [0.29, 0.717) is 23.8 Å². The average Bonchev–Trinajstić information content (AvgIpc) is 2.47. The first-order valence-electron chi connectivity index (χ1n) is 7.46. The monoisotopic (exact) mass is 297 g/mol. The molecule has 0 radical (unpaired) electrons. The van der Waals surface area contributed by atoms with E-state index in [0.717, 1.165) is 30.7 Å². The van der Waals surface area contributed by atoms with Crippen molar-refractivity contribution in [3.8, 4) is 5.75 Å². The molecule has 1 aromatic carbocycles. The number of hydrogen-bond acceptors (Lipinski definition) is 3. The van der Waals surface area contributed by atoms with E-state index in [4.69, 9.17) is 21.1 Å². The van der Waals surface area contributed by atoms with E-state index >= 15 is 0 Å². The van der Waals surface area contributed by atoms with Gasteiger partial charge in [0.2, 0.25) is 0 Å². The van der Waals surface area contributed by atoms with Crippen LogP contribution in [0.2, 0.25) is 5.02 Å². The lowest BCUT2D eigenvalue weighted by atomic mass is 9.92. The second-order valence-electron chi connectivity index (χ2n) is 5.30. The fraction of sp³-hybridized carbons (Fsp3) is 0.625. The highest BCUT2D eigenvalue weighted by molar-refractivity contribution is 6.32. The molecule has 2 atom stereocenters. The van der Waals surface area contributed by atoms with E-state index in [1.807, 2.05) is 18.2 Å². The summed E-state index contributed by atoms with van der Waals surface area (Å²) in [6.45, 7) is 2.78. The number of halogens is 1. The van der Waals surface area contributed by atoms with Crippen LogP contribution in [0.15, 0.2) is 18.2 Å². The number of anilines is 1. The van der Waals surface area contributed by atoms with Gasteiger partial charge in [-0.3, -0.25) is 0 Å². The summed E-state index contributed by atoms with van der Waals surface area (Å²) < 4.78 is 11.2. The van der Waals surface area contributed by atoms with E-state index in [-0.39, 0.29) is 0 Å². The summed E-state index contributed by atoms with van der Waals surface area (Å²) in [4.78, 5) is 0. The molecular weight excluding hydrogens is 274 g/mol. The van der Waals surface area contributed by atoms with E-state index in [9.17, 15) is 0 Å². The van der Waals surface area contributed by atoms with Crippen molar-refractivity contribution in [1.29, 1.82) is 0 Å². The lowest BCUT2D eigenvalue weighted by Crippen LogP contribution is -2.37. The molecule has 2 unspecified atom stereocenters. The minimum absolute atomic E-state index is 0.290. The zero-order valence-corrected chi connectivity index (χ0v) is 13.1. The predicted octanol–water partition coefficient (Wildman–Crippen LogP) is 4.50. The lowest BCUT2D eigenvalue weighted by molar-refractivity contribution is 0.0606. The maximum absolute atomic E-state index is 6.26. The average molecular weight is 298 g/mol. The molecule has 0 heterocycles. The maximum Gasteiger partial charge on any atom is 0.138 e. The van der Waals surface area contributed by atoms with Crippen molar-refractivity contribution in [2.75, 3.05) is 19.0 Å². The minimum atomic E-state index is 0.290. The molecule has 1 aliphatic rings. The molecule has 20 heavy (non-hydrogen) atoms. The summed E-state index contributed by atoms with van der Waals surface area (Å²) in [6, 6.07) is 6.27. The molecule has 1 saturated carbocycles. The van der Waals surface area contributed by atoms with Crippen LogP contribution in [0.3, 0.4) is 0 Å². The Bertz CT molecular complexity index is 425. The summed E-state index contributed by atoms with van der Waals surface area (Å²) >= 11 is 6.26. The Morgan fingerprint density at radius 3 is 2.80 bits per heavy atom. The Kier molecular flexibility index (Phi) is 5.99. The van der Waals surface area contributed by atoms with Crippen LogP contribution in [-0.2, 0) is 4.74 Å². The molecule has 0 bridgehead atoms. The third-order valence-corrected chi connectivity index (χ3v) is 4.05. The standard InChI is InChI=1S/C16H24ClNO2/c1-3-10-20-15-9-8-12(11-13(15)17)18-14-6-4-5-7-16(14)19-2/h8-9,11,14,16,18H,3-7,10H2,1-2H3. The number of rotatable bonds is 6. The number of ether oxygens (including phenoxy) is 2. The molecule has 1 aromatic rings. The van der Waals surface area contributed by atoms with Crippen LogP contribution >= 0.6 is 11.6 Å². The maximum atomic E-state index is 6.26. The van der Waals surface area contributed by atoms with E-state index < -0.39 is 0 Å². The number of methoxy groups -OCH3 is 1. The summed E-state index contributed by atoms with van der Waals surface area (Å²) in [6.07, 6.45) is 6.04. The molecule has 4 heteroatoms. The molecule has 0 spiro atoms. The zero-order chi connectivity index (χ0) is 14.4. The van der Waals surface area contributed by atoms with Gasteiger partial charge in [-0.05, 0) is 37.5 Å². The van der Waals surface area contributed by atoms with Crippen molar-refractivity contribution < 1.29 is 9.47 Å². The smallest absolute Gasteiger partial charge is 0.138 e. The highest BCUT2D eigenvalue weighted by Crippen LogP contribution is 2.30. The minimum Gasteiger partial charge on any atom is -0.492 e. The van der Waals surface area contributed by atoms with Crippen LogP contribution in [0.4, 0.5) is 5.69 Å². The number of hydrogen-bond donors (Lipinski definition) is 1. The zero-order valence-electron chi connectivity index (χ0n) is 12.3. The van der Waals surface area contributed by atoms with Gasteiger partial charge in [-0.1, -0.05) is 31.4 Å². The van der Waals surface area contributed by atoms with Crippen LogP contribution in [-0.4, -0.2) is 25.9 Å². The highest BCUT2D eigenvalue weighted by atomic mass is 35.5. The van der Waals surface area contributed by atoms with Gasteiger partial charge in [0.05, 0.1) is 23.8 Å². The fourth-order valence-electron chi connectivity index (χ4n) is 2.68. The van der Waals surface area contributed by atoms with Crippen molar-refractivity contribution in [2.24, 2.45) is 0 Å². The van der Waals surface area contributed by atoms with Gasteiger partial charge in [0, 0.05) is 12.8 Å². The number of benzene rings is 1. The van der Waals surface area contributed by atoms with Crippen LogP contribution in [0.5, 0.6) is 5.75 Å². The SMILES string of the molecule is CCCOc1ccc(NC2CCCCC2OC)cc1Cl. The highest BCUT2D eigenvalue weighted by Gasteiger charge is 2.24. The van der Waals surface area contributed by atoms with Crippen LogP contribution in [0.1, 0.15) is 39.0 Å². The van der Waals surface area contributed by atoms with Gasteiger partial charge in [0.1, 0.15) is 5.75 Å². The first-order valence-corrected chi connectivity index (χ1v) is 7.84. The van der Waals surface area contributed by atoms with Crippen molar-refractivity contribution in [2.45, 2.75) is 51.2 Å². The normalized spacial score (nSPS) is 22.6. The first kappa shape index (κ1) is 15.5. The quantitative estimate of drug-likeness (QED) is 0.838. The second kappa shape index (κ2) is 7.75. The van der Waals surface area contributed by atoms with Crippen molar-refractivity contribution in [1.82, 2.24) is 0 Å². The second-order valence-corrected chi connectivity index (χ2v) is 5.71. The van der Waals surface area contributed by atoms with E-state index in [1.165, 1.54) is 12.8 Å². The van der Waals surface area contributed by atoms with Crippen LogP contribution < -0.4 is 10.1 Å². The van der Waals surface area contributed by atoms with Gasteiger partial charge in [0.15, 0.2) is 0 Å². The summed E-state index contributed by atoms with van der Waals surface area (Å²) in [7, 11) is 1.79. The van der Waals surface area contributed by atoms with Gasteiger partial charge in [0.25, 0.3) is 0 Å². The summed E-state index contributed by atoms with van der Waals surface area (Å²) in [5.74, 6) is 0.756. The summed E-state index contributed by atoms with van der Waals surface area (Å²) in [5, 5.41) is 4.20. The van der Waals surface area contributed by atoms with Gasteiger partial charge < -0.3 is 14.8 Å². The third-order valence-electron chi connectivity index (χ3n) is 3.75. The molecule has 1 aliphatic carbocycles. The molecule has 1 N–H and O–H groups in total. The van der Waals surface area contributed by atoms with Crippen LogP contribution in [0, 0.1) is 0 Å². The topological polar surface area (TPSA) is 30.5 Å². The van der Waals surface area contributed by atoms with Crippen molar-refractivity contribution >= 4 is 17.3 Å². The Morgan fingerprint density at radius 2 is 2.10 bits per heavy atom. The van der Waals surface area contributed by atoms with E-state index in [2.05, 4.69) is 12.2 Å². The Labute approximate surface area is 126 Å². The molecule has 0 aromatic heterocycles. The molecule has 0 saturated heterocycles. The van der Waals surface area contributed by atoms with E-state index in [1.54, 1.807) is 7.11 Å². The number of nitrogens with one attached hydrogen (secondary N) is 1. The third kappa shape index (κ3) is 4.03. The van der Waals surface area contributed by atoms with Crippen molar-refractivity contribution in [3.05, 3.63) is 23.2 Å². The summed E-state index contributed by atoms with van der Waals surface area (Å²) in [5.41, 5.74) is 1.03. The molecular formula is C16H24ClNO2. The fourth-order valence-corrected chi connectivity index (χ4v) is 2.91. The Morgan fingerprint density at radius 1 is 1.30 bits per heavy atom. The van der Waals surface area contributed by atoms with Gasteiger partial charge in [-0.25, -0.2) is 0 Å². The molecule has 3 nitrogen and oxygen atoms in total. The largest absolute Gasteiger partial charge is 0.492 e. The lowest BCUT2D eigenvalue weighted by Gasteiger charge is -2.31. The van der Waals surface area contributed by atoms with Crippen LogP contribution in [0.25, 0.3) is 0 Å². The Balaban J connectivity index is 2.00. The van der Waals surface area contributed by atoms with Gasteiger partial charge in [-0.15, -0.1) is 0 Å². The predicted molar refractivity (Wildman–Crippen MR) is 83.9 cm³/mol.